The van der Waals surface area contributed by atoms with Gasteiger partial charge in [0.05, 0.1) is 5.02 Å². The molecule has 0 aliphatic carbocycles. The molecule has 1 atom stereocenters. The molecule has 94 valence electrons. The first kappa shape index (κ1) is 12.9. The van der Waals surface area contributed by atoms with Crippen LogP contribution in [0, 0.1) is 12.7 Å². The minimum atomic E-state index is -0.386. The van der Waals surface area contributed by atoms with Gasteiger partial charge in [-0.2, -0.15) is 0 Å². The van der Waals surface area contributed by atoms with Crippen molar-refractivity contribution in [3.05, 3.63) is 64.4 Å². The smallest absolute Gasteiger partial charge is 0.141 e. The summed E-state index contributed by atoms with van der Waals surface area (Å²) in [4.78, 5) is 0. The van der Waals surface area contributed by atoms with Crippen LogP contribution in [0.15, 0.2) is 42.5 Å². The molecule has 1 nitrogen and oxygen atoms in total. The van der Waals surface area contributed by atoms with Crippen LogP contribution in [0.2, 0.25) is 5.02 Å². The van der Waals surface area contributed by atoms with Crippen LogP contribution in [-0.4, -0.2) is 0 Å². The topological polar surface area (TPSA) is 12.0 Å². The van der Waals surface area contributed by atoms with Gasteiger partial charge in [-0.25, -0.2) is 4.39 Å². The summed E-state index contributed by atoms with van der Waals surface area (Å²) in [6.45, 7) is 4.07. The number of para-hydroxylation sites is 1. The van der Waals surface area contributed by atoms with E-state index in [1.54, 1.807) is 12.1 Å². The van der Waals surface area contributed by atoms with Crippen molar-refractivity contribution in [1.29, 1.82) is 0 Å². The molecule has 0 saturated carbocycles. The number of hydrogen-bond donors (Lipinski definition) is 1. The zero-order chi connectivity index (χ0) is 13.1. The van der Waals surface area contributed by atoms with Crippen molar-refractivity contribution < 1.29 is 4.39 Å². The lowest BCUT2D eigenvalue weighted by molar-refractivity contribution is 0.627. The summed E-state index contributed by atoms with van der Waals surface area (Å²) in [6.07, 6.45) is 0. The molecule has 2 aromatic carbocycles. The van der Waals surface area contributed by atoms with Gasteiger partial charge in [-0.15, -0.1) is 0 Å². The number of benzene rings is 2. The molecule has 3 heteroatoms. The van der Waals surface area contributed by atoms with Gasteiger partial charge in [0.15, 0.2) is 0 Å². The van der Waals surface area contributed by atoms with Gasteiger partial charge in [0.25, 0.3) is 0 Å². The molecule has 0 aromatic heterocycles. The largest absolute Gasteiger partial charge is 0.378 e. The Balaban J connectivity index is 2.19. The summed E-state index contributed by atoms with van der Waals surface area (Å²) in [7, 11) is 0. The van der Waals surface area contributed by atoms with E-state index in [1.165, 1.54) is 11.6 Å². The summed E-state index contributed by atoms with van der Waals surface area (Å²) >= 11 is 5.79. The molecule has 0 amide bonds. The number of nitrogens with one attached hydrogen (secondary N) is 1. The molecule has 2 aromatic rings. The van der Waals surface area contributed by atoms with Crippen molar-refractivity contribution in [3.8, 4) is 0 Å². The SMILES string of the molecule is Cc1ccccc1NC(C)c1ccc(F)c(Cl)c1. The Morgan fingerprint density at radius 2 is 1.89 bits per heavy atom. The van der Waals surface area contributed by atoms with E-state index < -0.39 is 0 Å². The van der Waals surface area contributed by atoms with E-state index >= 15 is 0 Å². The van der Waals surface area contributed by atoms with E-state index in [-0.39, 0.29) is 16.9 Å². The van der Waals surface area contributed by atoms with Crippen LogP contribution in [0.1, 0.15) is 24.1 Å². The number of anilines is 1. The molecular weight excluding hydrogens is 249 g/mol. The third-order valence-electron chi connectivity index (χ3n) is 2.96. The summed E-state index contributed by atoms with van der Waals surface area (Å²) < 4.78 is 13.1. The summed E-state index contributed by atoms with van der Waals surface area (Å²) in [5.74, 6) is -0.386. The molecule has 0 bridgehead atoms. The Morgan fingerprint density at radius 3 is 2.56 bits per heavy atom. The molecule has 0 radical (unpaired) electrons. The average molecular weight is 264 g/mol. The van der Waals surface area contributed by atoms with Crippen molar-refractivity contribution in [2.75, 3.05) is 5.32 Å². The molecule has 0 saturated heterocycles. The van der Waals surface area contributed by atoms with Gasteiger partial charge < -0.3 is 5.32 Å². The molecule has 0 fully saturated rings. The molecule has 0 aliphatic rings. The normalized spacial score (nSPS) is 12.2. The van der Waals surface area contributed by atoms with Crippen LogP contribution in [0.3, 0.4) is 0 Å². The zero-order valence-corrected chi connectivity index (χ0v) is 11.1. The van der Waals surface area contributed by atoms with E-state index in [1.807, 2.05) is 38.1 Å². The molecular formula is C15H15ClFN. The number of aryl methyl sites for hydroxylation is 1. The maximum atomic E-state index is 13.1. The Bertz CT molecular complexity index is 554. The number of hydrogen-bond acceptors (Lipinski definition) is 1. The van der Waals surface area contributed by atoms with E-state index in [2.05, 4.69) is 5.32 Å². The maximum Gasteiger partial charge on any atom is 0.141 e. The van der Waals surface area contributed by atoms with Gasteiger partial charge in [0.2, 0.25) is 0 Å². The van der Waals surface area contributed by atoms with Crippen LogP contribution in [-0.2, 0) is 0 Å². The lowest BCUT2D eigenvalue weighted by atomic mass is 10.1. The molecule has 0 aliphatic heterocycles. The van der Waals surface area contributed by atoms with Crippen LogP contribution in [0.4, 0.5) is 10.1 Å². The third kappa shape index (κ3) is 2.82. The van der Waals surface area contributed by atoms with Crippen LogP contribution in [0.25, 0.3) is 0 Å². The van der Waals surface area contributed by atoms with Gasteiger partial charge >= 0.3 is 0 Å². The highest BCUT2D eigenvalue weighted by atomic mass is 35.5. The quantitative estimate of drug-likeness (QED) is 0.825. The first-order valence-electron chi connectivity index (χ1n) is 5.85. The summed E-state index contributed by atoms with van der Waals surface area (Å²) in [6, 6.07) is 12.9. The molecule has 1 unspecified atom stereocenters. The Kier molecular flexibility index (Phi) is 3.87. The number of halogens is 2. The molecule has 2 rings (SSSR count). The second-order valence-electron chi connectivity index (χ2n) is 4.35. The van der Waals surface area contributed by atoms with Gasteiger partial charge in [-0.05, 0) is 43.2 Å². The monoisotopic (exact) mass is 263 g/mol. The van der Waals surface area contributed by atoms with Crippen molar-refractivity contribution in [1.82, 2.24) is 0 Å². The number of rotatable bonds is 3. The van der Waals surface area contributed by atoms with E-state index in [0.717, 1.165) is 11.3 Å². The lowest BCUT2D eigenvalue weighted by Crippen LogP contribution is -2.07. The second kappa shape index (κ2) is 5.40. The maximum absolute atomic E-state index is 13.1. The third-order valence-corrected chi connectivity index (χ3v) is 3.25. The van der Waals surface area contributed by atoms with Crippen LogP contribution < -0.4 is 5.32 Å². The van der Waals surface area contributed by atoms with Gasteiger partial charge in [-0.3, -0.25) is 0 Å². The lowest BCUT2D eigenvalue weighted by Gasteiger charge is -2.17. The second-order valence-corrected chi connectivity index (χ2v) is 4.76. The Morgan fingerprint density at radius 1 is 1.17 bits per heavy atom. The first-order valence-corrected chi connectivity index (χ1v) is 6.23. The summed E-state index contributed by atoms with van der Waals surface area (Å²) in [5, 5.41) is 3.55. The summed E-state index contributed by atoms with van der Waals surface area (Å²) in [5.41, 5.74) is 3.22. The van der Waals surface area contributed by atoms with Crippen molar-refractivity contribution in [3.63, 3.8) is 0 Å². The fourth-order valence-corrected chi connectivity index (χ4v) is 2.02. The van der Waals surface area contributed by atoms with Gasteiger partial charge in [0, 0.05) is 11.7 Å². The Labute approximate surface area is 112 Å². The van der Waals surface area contributed by atoms with Gasteiger partial charge in [0.1, 0.15) is 5.82 Å². The average Bonchev–Trinajstić information content (AvgIpc) is 2.35. The predicted octanol–water partition coefficient (Wildman–Crippen LogP) is 4.96. The predicted molar refractivity (Wildman–Crippen MR) is 74.6 cm³/mol. The van der Waals surface area contributed by atoms with Crippen molar-refractivity contribution in [2.24, 2.45) is 0 Å². The molecule has 0 heterocycles. The first-order chi connectivity index (χ1) is 8.58. The Hall–Kier alpha value is -1.54. The van der Waals surface area contributed by atoms with Crippen LogP contribution in [0.5, 0.6) is 0 Å². The minimum Gasteiger partial charge on any atom is -0.378 e. The van der Waals surface area contributed by atoms with Crippen LogP contribution >= 0.6 is 11.6 Å². The van der Waals surface area contributed by atoms with E-state index in [9.17, 15) is 4.39 Å². The fourth-order valence-electron chi connectivity index (χ4n) is 1.83. The minimum absolute atomic E-state index is 0.0733. The fraction of sp³-hybridized carbons (Fsp3) is 0.200. The zero-order valence-electron chi connectivity index (χ0n) is 10.4. The molecule has 0 spiro atoms. The molecule has 1 N–H and O–H groups in total. The van der Waals surface area contributed by atoms with Gasteiger partial charge in [-0.1, -0.05) is 35.9 Å². The molecule has 18 heavy (non-hydrogen) atoms. The standard InChI is InChI=1S/C15H15ClFN/c1-10-5-3-4-6-15(10)18-11(2)12-7-8-14(17)13(16)9-12/h3-9,11,18H,1-2H3. The highest BCUT2D eigenvalue weighted by molar-refractivity contribution is 6.30. The highest BCUT2D eigenvalue weighted by Gasteiger charge is 2.09. The van der Waals surface area contributed by atoms with E-state index in [4.69, 9.17) is 11.6 Å². The van der Waals surface area contributed by atoms with Crippen molar-refractivity contribution in [2.45, 2.75) is 19.9 Å². The van der Waals surface area contributed by atoms with E-state index in [0.29, 0.717) is 0 Å². The van der Waals surface area contributed by atoms with Crippen molar-refractivity contribution >= 4 is 17.3 Å². The highest BCUT2D eigenvalue weighted by Crippen LogP contribution is 2.25.